The molecule has 0 bridgehead atoms. The quantitative estimate of drug-likeness (QED) is 0.755. The van der Waals surface area contributed by atoms with Gasteiger partial charge in [-0.15, -0.1) is 0 Å². The van der Waals surface area contributed by atoms with E-state index in [1.165, 1.54) is 12.1 Å². The molecule has 4 nitrogen and oxygen atoms in total. The van der Waals surface area contributed by atoms with Gasteiger partial charge in [-0.05, 0) is 18.7 Å². The molecule has 19 heavy (non-hydrogen) atoms. The zero-order chi connectivity index (χ0) is 13.7. The molecule has 0 spiro atoms. The molecule has 1 saturated heterocycles. The molecule has 2 heterocycles. The lowest BCUT2D eigenvalue weighted by Crippen LogP contribution is -2.46. The van der Waals surface area contributed by atoms with Gasteiger partial charge in [-0.1, -0.05) is 6.92 Å². The van der Waals surface area contributed by atoms with Gasteiger partial charge in [-0.25, -0.2) is 4.39 Å². The molecule has 1 aromatic rings. The summed E-state index contributed by atoms with van der Waals surface area (Å²) in [5, 5.41) is 0. The zero-order valence-corrected chi connectivity index (χ0v) is 11.3. The summed E-state index contributed by atoms with van der Waals surface area (Å²) in [6.07, 6.45) is 1.54. The number of pyridine rings is 1. The van der Waals surface area contributed by atoms with E-state index >= 15 is 0 Å². The molecule has 1 aliphatic heterocycles. The van der Waals surface area contributed by atoms with Crippen molar-refractivity contribution in [3.05, 3.63) is 29.8 Å². The molecule has 1 aromatic heterocycles. The van der Waals surface area contributed by atoms with Crippen molar-refractivity contribution in [3.63, 3.8) is 0 Å². The van der Waals surface area contributed by atoms with Crippen LogP contribution in [0.3, 0.4) is 0 Å². The molecule has 0 N–H and O–H groups in total. The van der Waals surface area contributed by atoms with Gasteiger partial charge in [0.15, 0.2) is 5.78 Å². The first-order chi connectivity index (χ1) is 9.19. The molecule has 0 amide bonds. The Labute approximate surface area is 113 Å². The van der Waals surface area contributed by atoms with Gasteiger partial charge < -0.3 is 9.80 Å². The lowest BCUT2D eigenvalue weighted by molar-refractivity contribution is 0.0927. The Balaban J connectivity index is 1.76. The summed E-state index contributed by atoms with van der Waals surface area (Å²) in [5.41, 5.74) is 0.355. The minimum atomic E-state index is -0.410. The van der Waals surface area contributed by atoms with E-state index in [1.807, 2.05) is 0 Å². The normalized spacial score (nSPS) is 17.6. The highest BCUT2D eigenvalue weighted by molar-refractivity contribution is 5.94. The number of Topliss-reactive ketones (excluding diaryl/α,β-unsaturated/α-hetero) is 1. The largest absolute Gasteiger partial charge is 0.301 e. The second kappa shape index (κ2) is 6.73. The third-order valence-corrected chi connectivity index (χ3v) is 3.58. The summed E-state index contributed by atoms with van der Waals surface area (Å²) >= 11 is 0. The van der Waals surface area contributed by atoms with E-state index in [1.54, 1.807) is 0 Å². The average Bonchev–Trinajstić information content (AvgIpc) is 2.46. The molecule has 1 fully saturated rings. The van der Waals surface area contributed by atoms with Crippen molar-refractivity contribution in [2.24, 2.45) is 0 Å². The first-order valence-electron chi connectivity index (χ1n) is 6.78. The van der Waals surface area contributed by atoms with E-state index in [0.29, 0.717) is 12.1 Å². The molecule has 0 aliphatic carbocycles. The molecule has 0 radical (unpaired) electrons. The second-order valence-electron chi connectivity index (χ2n) is 4.81. The third-order valence-electron chi connectivity index (χ3n) is 3.58. The monoisotopic (exact) mass is 265 g/mol. The third kappa shape index (κ3) is 4.08. The van der Waals surface area contributed by atoms with Crippen molar-refractivity contribution in [1.29, 1.82) is 0 Å². The molecule has 0 unspecified atom stereocenters. The standard InChI is InChI=1S/C14H20FN3O/c1-2-17-7-9-18(10-8-17)6-5-14(19)13-4-3-12(15)11-16-13/h3-4,11H,2,5-10H2,1H3. The Kier molecular flexibility index (Phi) is 4.99. The Morgan fingerprint density at radius 2 is 1.95 bits per heavy atom. The molecule has 0 aromatic carbocycles. The van der Waals surface area contributed by atoms with Crippen molar-refractivity contribution < 1.29 is 9.18 Å². The van der Waals surface area contributed by atoms with Gasteiger partial charge in [-0.2, -0.15) is 0 Å². The van der Waals surface area contributed by atoms with E-state index in [9.17, 15) is 9.18 Å². The summed E-state index contributed by atoms with van der Waals surface area (Å²) in [5.74, 6) is -0.426. The van der Waals surface area contributed by atoms with Gasteiger partial charge in [0.2, 0.25) is 0 Å². The molecular formula is C14H20FN3O. The molecular weight excluding hydrogens is 245 g/mol. The van der Waals surface area contributed by atoms with Crippen LogP contribution in [0.15, 0.2) is 18.3 Å². The maximum atomic E-state index is 12.7. The van der Waals surface area contributed by atoms with E-state index in [2.05, 4.69) is 21.7 Å². The van der Waals surface area contributed by atoms with E-state index < -0.39 is 5.82 Å². The molecule has 1 aliphatic rings. The van der Waals surface area contributed by atoms with Crippen molar-refractivity contribution in [2.45, 2.75) is 13.3 Å². The van der Waals surface area contributed by atoms with Crippen LogP contribution < -0.4 is 0 Å². The van der Waals surface area contributed by atoms with E-state index in [-0.39, 0.29) is 5.78 Å². The lowest BCUT2D eigenvalue weighted by Gasteiger charge is -2.33. The van der Waals surface area contributed by atoms with Crippen LogP contribution in [0, 0.1) is 5.82 Å². The molecule has 2 rings (SSSR count). The maximum Gasteiger partial charge on any atom is 0.182 e. The molecule has 104 valence electrons. The number of likely N-dealkylation sites (N-methyl/N-ethyl adjacent to an activating group) is 1. The second-order valence-corrected chi connectivity index (χ2v) is 4.81. The number of carbonyl (C=O) groups is 1. The maximum absolute atomic E-state index is 12.7. The van der Waals surface area contributed by atoms with Gasteiger partial charge in [0, 0.05) is 39.1 Å². The lowest BCUT2D eigenvalue weighted by atomic mass is 10.2. The zero-order valence-electron chi connectivity index (χ0n) is 11.3. The number of hydrogen-bond donors (Lipinski definition) is 0. The Morgan fingerprint density at radius 1 is 1.26 bits per heavy atom. The molecule has 5 heteroatoms. The van der Waals surface area contributed by atoms with E-state index in [0.717, 1.165) is 45.5 Å². The Bertz CT molecular complexity index is 413. The van der Waals surface area contributed by atoms with Gasteiger partial charge in [0.05, 0.1) is 6.20 Å². The molecule has 0 saturated carbocycles. The Morgan fingerprint density at radius 3 is 2.53 bits per heavy atom. The van der Waals surface area contributed by atoms with Crippen molar-refractivity contribution in [2.75, 3.05) is 39.3 Å². The van der Waals surface area contributed by atoms with Crippen molar-refractivity contribution >= 4 is 5.78 Å². The fourth-order valence-electron chi connectivity index (χ4n) is 2.26. The molecule has 0 atom stereocenters. The SMILES string of the molecule is CCN1CCN(CCC(=O)c2ccc(F)cn2)CC1. The smallest absolute Gasteiger partial charge is 0.182 e. The number of nitrogens with zero attached hydrogens (tertiary/aromatic N) is 3. The fraction of sp³-hybridized carbons (Fsp3) is 0.571. The number of carbonyl (C=O) groups excluding carboxylic acids is 1. The van der Waals surface area contributed by atoms with Crippen LogP contribution in [0.4, 0.5) is 4.39 Å². The number of ketones is 1. The number of halogens is 1. The van der Waals surface area contributed by atoms with Gasteiger partial charge >= 0.3 is 0 Å². The minimum Gasteiger partial charge on any atom is -0.301 e. The van der Waals surface area contributed by atoms with Crippen LogP contribution in [0.2, 0.25) is 0 Å². The topological polar surface area (TPSA) is 36.4 Å². The average molecular weight is 265 g/mol. The van der Waals surface area contributed by atoms with E-state index in [4.69, 9.17) is 0 Å². The predicted octanol–water partition coefficient (Wildman–Crippen LogP) is 1.43. The Hall–Kier alpha value is -1.33. The highest BCUT2D eigenvalue weighted by Crippen LogP contribution is 2.06. The summed E-state index contributed by atoms with van der Waals surface area (Å²) < 4.78 is 12.7. The highest BCUT2D eigenvalue weighted by atomic mass is 19.1. The van der Waals surface area contributed by atoms with Crippen LogP contribution in [0.25, 0.3) is 0 Å². The van der Waals surface area contributed by atoms with Gasteiger partial charge in [0.25, 0.3) is 0 Å². The van der Waals surface area contributed by atoms with Crippen LogP contribution in [-0.4, -0.2) is 59.8 Å². The van der Waals surface area contributed by atoms with Crippen LogP contribution >= 0.6 is 0 Å². The minimum absolute atomic E-state index is 0.0158. The van der Waals surface area contributed by atoms with Crippen LogP contribution in [0.1, 0.15) is 23.8 Å². The van der Waals surface area contributed by atoms with Crippen molar-refractivity contribution in [3.8, 4) is 0 Å². The first-order valence-corrected chi connectivity index (χ1v) is 6.78. The van der Waals surface area contributed by atoms with Gasteiger partial charge in [0.1, 0.15) is 11.5 Å². The van der Waals surface area contributed by atoms with Crippen LogP contribution in [-0.2, 0) is 0 Å². The number of rotatable bonds is 5. The summed E-state index contributed by atoms with van der Waals surface area (Å²) in [6.45, 7) is 8.18. The summed E-state index contributed by atoms with van der Waals surface area (Å²) in [6, 6.07) is 2.73. The number of piperazine rings is 1. The van der Waals surface area contributed by atoms with Crippen LogP contribution in [0.5, 0.6) is 0 Å². The fourth-order valence-corrected chi connectivity index (χ4v) is 2.26. The number of hydrogen-bond acceptors (Lipinski definition) is 4. The summed E-state index contributed by atoms with van der Waals surface area (Å²) in [4.78, 5) is 20.4. The number of aromatic nitrogens is 1. The van der Waals surface area contributed by atoms with Crippen molar-refractivity contribution in [1.82, 2.24) is 14.8 Å². The summed E-state index contributed by atoms with van der Waals surface area (Å²) in [7, 11) is 0. The first kappa shape index (κ1) is 14.1. The highest BCUT2D eigenvalue weighted by Gasteiger charge is 2.16. The van der Waals surface area contributed by atoms with Gasteiger partial charge in [-0.3, -0.25) is 9.78 Å². The predicted molar refractivity (Wildman–Crippen MR) is 71.7 cm³/mol.